The molecule has 0 radical (unpaired) electrons. The molecule has 6 nitrogen and oxygen atoms in total. The summed E-state index contributed by atoms with van der Waals surface area (Å²) >= 11 is 0. The molecule has 0 saturated heterocycles. The number of rotatable bonds is 7. The molecule has 2 amide bonds. The summed E-state index contributed by atoms with van der Waals surface area (Å²) in [6.45, 7) is 8.01. The van der Waals surface area contributed by atoms with Gasteiger partial charge in [0.05, 0.1) is 11.3 Å². The zero-order valence-electron chi connectivity index (χ0n) is 18.2. The van der Waals surface area contributed by atoms with Crippen LogP contribution in [0.1, 0.15) is 39.5 Å². The summed E-state index contributed by atoms with van der Waals surface area (Å²) in [7, 11) is 0. The van der Waals surface area contributed by atoms with E-state index in [1.54, 1.807) is 43.6 Å². The van der Waals surface area contributed by atoms with Crippen molar-refractivity contribution in [3.8, 4) is 5.75 Å². The van der Waals surface area contributed by atoms with Gasteiger partial charge in [-0.1, -0.05) is 24.3 Å². The molecule has 0 aliphatic carbocycles. The van der Waals surface area contributed by atoms with Gasteiger partial charge in [0.1, 0.15) is 5.75 Å². The Morgan fingerprint density at radius 3 is 2.58 bits per heavy atom. The van der Waals surface area contributed by atoms with Crippen LogP contribution in [-0.4, -0.2) is 22.9 Å². The minimum atomic E-state index is -0.730. The van der Waals surface area contributed by atoms with E-state index in [0.29, 0.717) is 23.5 Å². The van der Waals surface area contributed by atoms with Crippen molar-refractivity contribution in [2.24, 2.45) is 0 Å². The van der Waals surface area contributed by atoms with Crippen LogP contribution in [0.5, 0.6) is 5.75 Å². The normalized spacial score (nSPS) is 11.5. The monoisotopic (exact) mass is 417 g/mol. The highest BCUT2D eigenvalue weighted by Crippen LogP contribution is 2.25. The minimum Gasteiger partial charge on any atom is -0.481 e. The van der Waals surface area contributed by atoms with Gasteiger partial charge in [0.2, 0.25) is 0 Å². The van der Waals surface area contributed by atoms with Gasteiger partial charge in [0.25, 0.3) is 11.8 Å². The number of carbonyl (C=O) groups is 2. The molecule has 0 bridgehead atoms. The minimum absolute atomic E-state index is 0.279. The molecule has 3 aromatic rings. The first-order valence-electron chi connectivity index (χ1n) is 10.2. The van der Waals surface area contributed by atoms with Crippen LogP contribution in [0.2, 0.25) is 0 Å². The Hall–Kier alpha value is -3.67. The predicted molar refractivity (Wildman–Crippen MR) is 121 cm³/mol. The lowest BCUT2D eigenvalue weighted by Gasteiger charge is -2.19. The van der Waals surface area contributed by atoms with E-state index in [1.165, 1.54) is 0 Å². The van der Waals surface area contributed by atoms with Crippen molar-refractivity contribution >= 4 is 17.5 Å². The summed E-state index contributed by atoms with van der Waals surface area (Å²) in [4.78, 5) is 29.5. The maximum atomic E-state index is 12.8. The summed E-state index contributed by atoms with van der Waals surface area (Å²) in [6, 6.07) is 14.6. The number of amides is 2. The van der Waals surface area contributed by atoms with Gasteiger partial charge in [0.15, 0.2) is 6.10 Å². The van der Waals surface area contributed by atoms with E-state index >= 15 is 0 Å². The Morgan fingerprint density at radius 2 is 1.84 bits per heavy atom. The fourth-order valence-electron chi connectivity index (χ4n) is 3.17. The highest BCUT2D eigenvalue weighted by molar-refractivity contribution is 6.04. The second-order valence-corrected chi connectivity index (χ2v) is 7.54. The van der Waals surface area contributed by atoms with Crippen molar-refractivity contribution in [2.75, 3.05) is 5.32 Å². The number of aromatic nitrogens is 1. The third kappa shape index (κ3) is 5.69. The van der Waals surface area contributed by atoms with Crippen LogP contribution in [0, 0.1) is 20.8 Å². The van der Waals surface area contributed by atoms with Crippen molar-refractivity contribution < 1.29 is 14.3 Å². The Kier molecular flexibility index (Phi) is 7.03. The standard InChI is InChI=1S/C25H27N3O3/c1-16-12-17(2)18(3)23(13-16)31-19(4)24(29)28-22-10-6-5-9-21(22)25(30)27-15-20-8-7-11-26-14-20/h5-14,19H,15H2,1-4H3,(H,27,30)(H,28,29). The van der Waals surface area contributed by atoms with E-state index in [0.717, 1.165) is 22.3 Å². The lowest BCUT2D eigenvalue weighted by atomic mass is 10.1. The molecule has 2 N–H and O–H groups in total. The Morgan fingerprint density at radius 1 is 1.06 bits per heavy atom. The van der Waals surface area contributed by atoms with Crippen LogP contribution in [-0.2, 0) is 11.3 Å². The Labute approximate surface area is 182 Å². The zero-order chi connectivity index (χ0) is 22.4. The van der Waals surface area contributed by atoms with E-state index in [1.807, 2.05) is 39.0 Å². The van der Waals surface area contributed by atoms with Gasteiger partial charge in [-0.05, 0) is 74.2 Å². The van der Waals surface area contributed by atoms with Gasteiger partial charge in [-0.15, -0.1) is 0 Å². The van der Waals surface area contributed by atoms with E-state index in [9.17, 15) is 9.59 Å². The molecule has 2 aromatic carbocycles. The first kappa shape index (κ1) is 22.0. The average molecular weight is 418 g/mol. The number of benzene rings is 2. The topological polar surface area (TPSA) is 80.3 Å². The molecule has 160 valence electrons. The number of nitrogens with one attached hydrogen (secondary N) is 2. The van der Waals surface area contributed by atoms with E-state index < -0.39 is 6.10 Å². The molecule has 1 atom stereocenters. The molecule has 1 aromatic heterocycles. The molecule has 1 heterocycles. The molecular weight excluding hydrogens is 390 g/mol. The summed E-state index contributed by atoms with van der Waals surface area (Å²) < 4.78 is 5.93. The van der Waals surface area contributed by atoms with Crippen molar-refractivity contribution in [1.29, 1.82) is 0 Å². The maximum Gasteiger partial charge on any atom is 0.265 e. The second-order valence-electron chi connectivity index (χ2n) is 7.54. The smallest absolute Gasteiger partial charge is 0.265 e. The quantitative estimate of drug-likeness (QED) is 0.599. The molecule has 0 saturated carbocycles. The second kappa shape index (κ2) is 9.89. The summed E-state index contributed by atoms with van der Waals surface area (Å²) in [6.07, 6.45) is 2.65. The Balaban J connectivity index is 1.68. The predicted octanol–water partition coefficient (Wildman–Crippen LogP) is 4.34. The van der Waals surface area contributed by atoms with Crippen LogP contribution >= 0.6 is 0 Å². The number of aryl methyl sites for hydroxylation is 2. The third-order valence-corrected chi connectivity index (χ3v) is 5.04. The first-order valence-corrected chi connectivity index (χ1v) is 10.2. The lowest BCUT2D eigenvalue weighted by Crippen LogP contribution is -2.32. The highest BCUT2D eigenvalue weighted by Gasteiger charge is 2.19. The summed E-state index contributed by atoms with van der Waals surface area (Å²) in [5, 5.41) is 5.68. The van der Waals surface area contributed by atoms with Crippen molar-refractivity contribution in [3.05, 3.63) is 88.7 Å². The van der Waals surface area contributed by atoms with Gasteiger partial charge in [-0.25, -0.2) is 0 Å². The maximum absolute atomic E-state index is 12.8. The van der Waals surface area contributed by atoms with E-state index in [-0.39, 0.29) is 11.8 Å². The number of para-hydroxylation sites is 1. The van der Waals surface area contributed by atoms with Gasteiger partial charge >= 0.3 is 0 Å². The molecule has 0 spiro atoms. The number of carbonyl (C=O) groups excluding carboxylic acids is 2. The van der Waals surface area contributed by atoms with Crippen molar-refractivity contribution in [3.63, 3.8) is 0 Å². The highest BCUT2D eigenvalue weighted by atomic mass is 16.5. The molecule has 0 aliphatic rings. The number of pyridine rings is 1. The number of ether oxygens (including phenoxy) is 1. The molecule has 3 rings (SSSR count). The van der Waals surface area contributed by atoms with Gasteiger partial charge in [-0.3, -0.25) is 14.6 Å². The van der Waals surface area contributed by atoms with Crippen LogP contribution in [0.15, 0.2) is 60.9 Å². The fourth-order valence-corrected chi connectivity index (χ4v) is 3.17. The molecule has 0 fully saturated rings. The summed E-state index contributed by atoms with van der Waals surface area (Å²) in [5.74, 6) is 0.0761. The van der Waals surface area contributed by atoms with E-state index in [4.69, 9.17) is 4.74 Å². The number of nitrogens with zero attached hydrogens (tertiary/aromatic N) is 1. The molecule has 1 unspecified atom stereocenters. The first-order chi connectivity index (χ1) is 14.8. The van der Waals surface area contributed by atoms with Gasteiger partial charge in [0, 0.05) is 18.9 Å². The van der Waals surface area contributed by atoms with Crippen molar-refractivity contribution in [2.45, 2.75) is 40.3 Å². The van der Waals surface area contributed by atoms with Crippen LogP contribution in [0.3, 0.4) is 0 Å². The molecular formula is C25H27N3O3. The van der Waals surface area contributed by atoms with Gasteiger partial charge in [-0.2, -0.15) is 0 Å². The Bertz CT molecular complexity index is 1080. The third-order valence-electron chi connectivity index (χ3n) is 5.04. The average Bonchev–Trinajstić information content (AvgIpc) is 2.76. The van der Waals surface area contributed by atoms with E-state index in [2.05, 4.69) is 21.7 Å². The number of hydrogen-bond donors (Lipinski definition) is 2. The van der Waals surface area contributed by atoms with Crippen LogP contribution in [0.4, 0.5) is 5.69 Å². The fraction of sp³-hybridized carbons (Fsp3) is 0.240. The summed E-state index contributed by atoms with van der Waals surface area (Å²) in [5.41, 5.74) is 4.89. The molecule has 0 aliphatic heterocycles. The molecule has 31 heavy (non-hydrogen) atoms. The largest absolute Gasteiger partial charge is 0.481 e. The molecule has 6 heteroatoms. The lowest BCUT2D eigenvalue weighted by molar-refractivity contribution is -0.122. The zero-order valence-corrected chi connectivity index (χ0v) is 18.2. The van der Waals surface area contributed by atoms with Crippen LogP contribution in [0.25, 0.3) is 0 Å². The number of anilines is 1. The van der Waals surface area contributed by atoms with Crippen LogP contribution < -0.4 is 15.4 Å². The van der Waals surface area contributed by atoms with Crippen molar-refractivity contribution in [1.82, 2.24) is 10.3 Å². The number of hydrogen-bond acceptors (Lipinski definition) is 4. The van der Waals surface area contributed by atoms with Gasteiger partial charge < -0.3 is 15.4 Å². The SMILES string of the molecule is Cc1cc(C)c(C)c(OC(C)C(=O)Nc2ccccc2C(=O)NCc2cccnc2)c1.